The van der Waals surface area contributed by atoms with E-state index in [0.29, 0.717) is 12.5 Å². The number of hydrogen-bond acceptors (Lipinski definition) is 1. The Morgan fingerprint density at radius 3 is 2.05 bits per heavy atom. The highest BCUT2D eigenvalue weighted by Gasteiger charge is 2.11. The van der Waals surface area contributed by atoms with Crippen molar-refractivity contribution in [2.75, 3.05) is 6.54 Å². The predicted octanol–water partition coefficient (Wildman–Crippen LogP) is 5.32. The van der Waals surface area contributed by atoms with E-state index in [9.17, 15) is 0 Å². The van der Waals surface area contributed by atoms with Crippen molar-refractivity contribution in [1.82, 2.24) is 0 Å². The summed E-state index contributed by atoms with van der Waals surface area (Å²) in [4.78, 5) is 0. The van der Waals surface area contributed by atoms with Gasteiger partial charge in [0.15, 0.2) is 0 Å². The normalized spacial score (nSPS) is 11.7. The zero-order chi connectivity index (χ0) is 14.9. The topological polar surface area (TPSA) is 26.0 Å². The van der Waals surface area contributed by atoms with Gasteiger partial charge in [0.2, 0.25) is 0 Å². The minimum Gasteiger partial charge on any atom is -0.330 e. The predicted molar refractivity (Wildman–Crippen MR) is 98.9 cm³/mol. The zero-order valence-corrected chi connectivity index (χ0v) is 14.3. The van der Waals surface area contributed by atoms with Crippen molar-refractivity contribution in [3.05, 3.63) is 71.3 Å². The lowest BCUT2D eigenvalue weighted by Crippen LogP contribution is -2.13. The van der Waals surface area contributed by atoms with Gasteiger partial charge in [-0.3, -0.25) is 0 Å². The summed E-state index contributed by atoms with van der Waals surface area (Å²) >= 11 is 0. The second-order valence-corrected chi connectivity index (χ2v) is 5.75. The summed E-state index contributed by atoms with van der Waals surface area (Å²) < 4.78 is 0. The fourth-order valence-corrected chi connectivity index (χ4v) is 2.82. The molecule has 0 heterocycles. The molecular weight excluding hydrogens is 290 g/mol. The number of rotatable bonds is 8. The van der Waals surface area contributed by atoms with Crippen LogP contribution in [0.15, 0.2) is 54.6 Å². The first kappa shape index (κ1) is 18.7. The summed E-state index contributed by atoms with van der Waals surface area (Å²) in [5.74, 6) is 0.306. The molecule has 2 rings (SSSR count). The molecule has 0 amide bonds. The van der Waals surface area contributed by atoms with Gasteiger partial charge in [0, 0.05) is 12.5 Å². The molecular formula is C20H28ClN. The quantitative estimate of drug-likeness (QED) is 0.655. The van der Waals surface area contributed by atoms with E-state index in [-0.39, 0.29) is 12.4 Å². The number of aryl methyl sites for hydroxylation is 1. The van der Waals surface area contributed by atoms with E-state index in [4.69, 9.17) is 5.73 Å². The van der Waals surface area contributed by atoms with Crippen LogP contribution in [0.2, 0.25) is 0 Å². The lowest BCUT2D eigenvalue weighted by Gasteiger charge is -2.16. The number of unbranched alkanes of at least 4 members (excludes halogenated alkanes) is 3. The smallest absolute Gasteiger partial charge is 0.0212 e. The molecule has 0 aliphatic carbocycles. The average molecular weight is 318 g/mol. The monoisotopic (exact) mass is 317 g/mol. The third kappa shape index (κ3) is 5.47. The molecule has 0 aliphatic rings. The van der Waals surface area contributed by atoms with E-state index in [1.54, 1.807) is 0 Å². The van der Waals surface area contributed by atoms with E-state index >= 15 is 0 Å². The third-order valence-corrected chi connectivity index (χ3v) is 4.14. The van der Waals surface area contributed by atoms with Crippen LogP contribution >= 0.6 is 12.4 Å². The van der Waals surface area contributed by atoms with E-state index in [2.05, 4.69) is 61.5 Å². The van der Waals surface area contributed by atoms with Gasteiger partial charge < -0.3 is 5.73 Å². The van der Waals surface area contributed by atoms with Crippen molar-refractivity contribution in [2.45, 2.75) is 44.9 Å². The van der Waals surface area contributed by atoms with E-state index in [1.165, 1.54) is 48.8 Å². The maximum Gasteiger partial charge on any atom is 0.0212 e. The molecule has 2 aromatic rings. The van der Waals surface area contributed by atoms with Crippen molar-refractivity contribution in [3.8, 4) is 0 Å². The van der Waals surface area contributed by atoms with Crippen LogP contribution in [0.5, 0.6) is 0 Å². The van der Waals surface area contributed by atoms with E-state index in [0.717, 1.165) is 0 Å². The maximum absolute atomic E-state index is 5.99. The molecule has 0 spiro atoms. The van der Waals surface area contributed by atoms with Gasteiger partial charge in [0.25, 0.3) is 0 Å². The molecule has 2 N–H and O–H groups in total. The highest BCUT2D eigenvalue weighted by Crippen LogP contribution is 2.24. The molecule has 0 saturated carbocycles. The first-order valence-electron chi connectivity index (χ1n) is 8.19. The van der Waals surface area contributed by atoms with E-state index in [1.807, 2.05) is 0 Å². The van der Waals surface area contributed by atoms with Crippen LogP contribution in [-0.4, -0.2) is 6.54 Å². The molecule has 0 radical (unpaired) electrons. The lowest BCUT2D eigenvalue weighted by atomic mass is 9.90. The molecule has 0 saturated heterocycles. The second kappa shape index (κ2) is 10.4. The number of benzene rings is 2. The molecule has 0 bridgehead atoms. The summed E-state index contributed by atoms with van der Waals surface area (Å²) in [6.45, 7) is 2.91. The van der Waals surface area contributed by atoms with Crippen molar-refractivity contribution in [3.63, 3.8) is 0 Å². The summed E-state index contributed by atoms with van der Waals surface area (Å²) in [7, 11) is 0. The first-order valence-corrected chi connectivity index (χ1v) is 8.19. The summed E-state index contributed by atoms with van der Waals surface area (Å²) in [5, 5.41) is 0. The molecule has 1 nitrogen and oxygen atoms in total. The highest BCUT2D eigenvalue weighted by atomic mass is 35.5. The minimum absolute atomic E-state index is 0. The standard InChI is InChI=1S/C20H27N.ClH/c1-2-3-4-6-9-17-12-14-19(15-13-17)20(16-21)18-10-7-5-8-11-18;/h5,7-8,10-15,20H,2-4,6,9,16,21H2,1H3;1H. The molecule has 0 aliphatic heterocycles. The summed E-state index contributed by atoms with van der Waals surface area (Å²) in [6, 6.07) is 19.6. The molecule has 2 heteroatoms. The van der Waals surface area contributed by atoms with Crippen LogP contribution in [0, 0.1) is 0 Å². The van der Waals surface area contributed by atoms with Crippen LogP contribution in [0.4, 0.5) is 0 Å². The number of halogens is 1. The molecule has 0 fully saturated rings. The van der Waals surface area contributed by atoms with Gasteiger partial charge in [-0.25, -0.2) is 0 Å². The SMILES string of the molecule is CCCCCCc1ccc(C(CN)c2ccccc2)cc1.Cl. The Bertz CT molecular complexity index is 507. The van der Waals surface area contributed by atoms with Crippen molar-refractivity contribution in [2.24, 2.45) is 5.73 Å². The molecule has 1 unspecified atom stereocenters. The van der Waals surface area contributed by atoms with Gasteiger partial charge in [-0.15, -0.1) is 12.4 Å². The molecule has 1 atom stereocenters. The summed E-state index contributed by atoms with van der Waals surface area (Å²) in [6.07, 6.45) is 6.48. The van der Waals surface area contributed by atoms with Gasteiger partial charge in [-0.05, 0) is 29.5 Å². The van der Waals surface area contributed by atoms with Crippen LogP contribution in [0.1, 0.15) is 55.2 Å². The fourth-order valence-electron chi connectivity index (χ4n) is 2.82. The fraction of sp³-hybridized carbons (Fsp3) is 0.400. The Labute approximate surface area is 141 Å². The Morgan fingerprint density at radius 2 is 1.45 bits per heavy atom. The highest BCUT2D eigenvalue weighted by molar-refractivity contribution is 5.85. The van der Waals surface area contributed by atoms with Crippen LogP contribution in [0.3, 0.4) is 0 Å². The maximum atomic E-state index is 5.99. The van der Waals surface area contributed by atoms with Gasteiger partial charge >= 0.3 is 0 Å². The Kier molecular flexibility index (Phi) is 8.88. The van der Waals surface area contributed by atoms with Gasteiger partial charge in [-0.2, -0.15) is 0 Å². The van der Waals surface area contributed by atoms with Gasteiger partial charge in [0.1, 0.15) is 0 Å². The molecule has 2 aromatic carbocycles. The minimum atomic E-state index is 0. The van der Waals surface area contributed by atoms with Crippen molar-refractivity contribution in [1.29, 1.82) is 0 Å². The van der Waals surface area contributed by atoms with Crippen LogP contribution in [-0.2, 0) is 6.42 Å². The zero-order valence-electron chi connectivity index (χ0n) is 13.5. The second-order valence-electron chi connectivity index (χ2n) is 5.75. The lowest BCUT2D eigenvalue weighted by molar-refractivity contribution is 0.666. The number of hydrogen-bond donors (Lipinski definition) is 1. The Morgan fingerprint density at radius 1 is 0.818 bits per heavy atom. The summed E-state index contributed by atoms with van der Waals surface area (Å²) in [5.41, 5.74) is 10.1. The number of nitrogens with two attached hydrogens (primary N) is 1. The Hall–Kier alpha value is -1.31. The first-order chi connectivity index (χ1) is 10.3. The Balaban J connectivity index is 0.00000242. The van der Waals surface area contributed by atoms with Crippen molar-refractivity contribution >= 4 is 12.4 Å². The molecule has 120 valence electrons. The third-order valence-electron chi connectivity index (χ3n) is 4.14. The van der Waals surface area contributed by atoms with Crippen molar-refractivity contribution < 1.29 is 0 Å². The molecule has 22 heavy (non-hydrogen) atoms. The van der Waals surface area contributed by atoms with Crippen LogP contribution in [0.25, 0.3) is 0 Å². The average Bonchev–Trinajstić information content (AvgIpc) is 2.55. The van der Waals surface area contributed by atoms with E-state index < -0.39 is 0 Å². The largest absolute Gasteiger partial charge is 0.330 e. The van der Waals surface area contributed by atoms with Gasteiger partial charge in [-0.1, -0.05) is 80.8 Å². The van der Waals surface area contributed by atoms with Crippen LogP contribution < -0.4 is 5.73 Å². The molecule has 0 aromatic heterocycles. The van der Waals surface area contributed by atoms with Gasteiger partial charge in [0.05, 0.1) is 0 Å².